The Balaban J connectivity index is 2.55. The van der Waals surface area contributed by atoms with Crippen LogP contribution in [0, 0.1) is 0 Å². The van der Waals surface area contributed by atoms with E-state index in [0.29, 0.717) is 6.04 Å². The Labute approximate surface area is 113 Å². The number of aliphatic carboxylic acids is 1. The van der Waals surface area contributed by atoms with Crippen molar-refractivity contribution in [2.45, 2.75) is 39.3 Å². The number of nitrogens with zero attached hydrogens (tertiary/aromatic N) is 1. The molecule has 0 fully saturated rings. The molecular weight excluding hydrogens is 246 g/mol. The van der Waals surface area contributed by atoms with Crippen LogP contribution in [0.3, 0.4) is 0 Å². The zero-order valence-electron chi connectivity index (χ0n) is 11.2. The van der Waals surface area contributed by atoms with Crippen LogP contribution in [0.4, 0.5) is 0 Å². The molecule has 0 aliphatic heterocycles. The predicted molar refractivity (Wildman–Crippen MR) is 76.8 cm³/mol. The zero-order valence-corrected chi connectivity index (χ0v) is 12.0. The molecule has 18 heavy (non-hydrogen) atoms. The minimum atomic E-state index is -0.904. The first-order valence-electron chi connectivity index (χ1n) is 6.23. The molecule has 0 aromatic carbocycles. The maximum atomic E-state index is 10.4. The van der Waals surface area contributed by atoms with Crippen molar-refractivity contribution in [3.8, 4) is 0 Å². The van der Waals surface area contributed by atoms with Gasteiger partial charge < -0.3 is 5.11 Å². The fourth-order valence-corrected chi connectivity index (χ4v) is 2.74. The Morgan fingerprint density at radius 1 is 1.56 bits per heavy atom. The van der Waals surface area contributed by atoms with E-state index in [0.717, 1.165) is 11.4 Å². The Morgan fingerprint density at radius 2 is 2.28 bits per heavy atom. The van der Waals surface area contributed by atoms with E-state index in [4.69, 9.17) is 5.11 Å². The Bertz CT molecular complexity index is 412. The molecule has 3 nitrogen and oxygen atoms in total. The van der Waals surface area contributed by atoms with E-state index >= 15 is 0 Å². The maximum absolute atomic E-state index is 10.4. The van der Waals surface area contributed by atoms with Crippen LogP contribution in [0.15, 0.2) is 18.2 Å². The number of hydrogen-bond donors (Lipinski definition) is 1. The molecule has 0 radical (unpaired) electrons. The van der Waals surface area contributed by atoms with Crippen molar-refractivity contribution >= 4 is 23.4 Å². The summed E-state index contributed by atoms with van der Waals surface area (Å²) in [6.07, 6.45) is 5.22. The van der Waals surface area contributed by atoms with Crippen LogP contribution >= 0.6 is 11.3 Å². The quantitative estimate of drug-likeness (QED) is 0.769. The van der Waals surface area contributed by atoms with Gasteiger partial charge in [0.05, 0.1) is 0 Å². The van der Waals surface area contributed by atoms with Crippen molar-refractivity contribution in [1.29, 1.82) is 0 Å². The van der Waals surface area contributed by atoms with E-state index in [9.17, 15) is 4.79 Å². The first-order valence-corrected chi connectivity index (χ1v) is 7.04. The summed E-state index contributed by atoms with van der Waals surface area (Å²) >= 11 is 1.65. The van der Waals surface area contributed by atoms with Gasteiger partial charge in [0.25, 0.3) is 0 Å². The molecular formula is C14H21NO2S. The van der Waals surface area contributed by atoms with E-state index < -0.39 is 5.97 Å². The second-order valence-corrected chi connectivity index (χ2v) is 5.73. The van der Waals surface area contributed by atoms with E-state index in [2.05, 4.69) is 31.9 Å². The molecule has 1 rings (SSSR count). The number of hydrogen-bond acceptors (Lipinski definition) is 3. The van der Waals surface area contributed by atoms with Gasteiger partial charge in [-0.2, -0.15) is 0 Å². The normalized spacial score (nSPS) is 13.3. The number of rotatable bonds is 7. The Kier molecular flexibility index (Phi) is 6.09. The lowest BCUT2D eigenvalue weighted by atomic mass is 10.2. The molecule has 0 saturated heterocycles. The van der Waals surface area contributed by atoms with Crippen molar-refractivity contribution in [2.24, 2.45) is 0 Å². The summed E-state index contributed by atoms with van der Waals surface area (Å²) in [4.78, 5) is 15.0. The minimum Gasteiger partial charge on any atom is -0.478 e. The molecule has 1 N–H and O–H groups in total. The highest BCUT2D eigenvalue weighted by molar-refractivity contribution is 7.12. The molecule has 0 bridgehead atoms. The number of carboxylic acids is 1. The van der Waals surface area contributed by atoms with Gasteiger partial charge in [0.15, 0.2) is 0 Å². The topological polar surface area (TPSA) is 40.5 Å². The molecule has 1 aromatic rings. The molecule has 0 saturated carbocycles. The van der Waals surface area contributed by atoms with Crippen molar-refractivity contribution in [1.82, 2.24) is 4.90 Å². The number of carboxylic acid groups (broad SMARTS) is 1. The zero-order chi connectivity index (χ0) is 13.5. The average Bonchev–Trinajstić information content (AvgIpc) is 2.74. The van der Waals surface area contributed by atoms with Crippen LogP contribution in [0.2, 0.25) is 0 Å². The van der Waals surface area contributed by atoms with Gasteiger partial charge in [-0.05, 0) is 38.6 Å². The SMILES string of the molecule is CCCC(C)N(C)Cc1ccc(/C=C/C(=O)O)s1. The lowest BCUT2D eigenvalue weighted by Crippen LogP contribution is -2.27. The molecule has 100 valence electrons. The summed E-state index contributed by atoms with van der Waals surface area (Å²) in [7, 11) is 2.13. The van der Waals surface area contributed by atoms with Gasteiger partial charge in [-0.25, -0.2) is 4.79 Å². The molecule has 1 atom stereocenters. The van der Waals surface area contributed by atoms with Crippen LogP contribution in [0.5, 0.6) is 0 Å². The van der Waals surface area contributed by atoms with Crippen LogP contribution < -0.4 is 0 Å². The second-order valence-electron chi connectivity index (χ2n) is 4.53. The highest BCUT2D eigenvalue weighted by Gasteiger charge is 2.09. The van der Waals surface area contributed by atoms with Crippen molar-refractivity contribution in [3.63, 3.8) is 0 Å². The molecule has 0 spiro atoms. The summed E-state index contributed by atoms with van der Waals surface area (Å²) < 4.78 is 0. The molecule has 0 aliphatic rings. The van der Waals surface area contributed by atoms with Crippen LogP contribution in [0.25, 0.3) is 6.08 Å². The van der Waals surface area contributed by atoms with Gasteiger partial charge in [-0.15, -0.1) is 11.3 Å². The fourth-order valence-electron chi connectivity index (χ4n) is 1.76. The highest BCUT2D eigenvalue weighted by Crippen LogP contribution is 2.20. The molecule has 1 unspecified atom stereocenters. The van der Waals surface area contributed by atoms with Gasteiger partial charge in [-0.3, -0.25) is 4.90 Å². The lowest BCUT2D eigenvalue weighted by Gasteiger charge is -2.23. The first-order chi connectivity index (χ1) is 8.52. The van der Waals surface area contributed by atoms with Crippen molar-refractivity contribution in [2.75, 3.05) is 7.05 Å². The van der Waals surface area contributed by atoms with E-state index in [-0.39, 0.29) is 0 Å². The van der Waals surface area contributed by atoms with E-state index in [1.165, 1.54) is 23.8 Å². The van der Waals surface area contributed by atoms with Crippen molar-refractivity contribution in [3.05, 3.63) is 28.0 Å². The summed E-state index contributed by atoms with van der Waals surface area (Å²) in [6.45, 7) is 5.36. The van der Waals surface area contributed by atoms with Gasteiger partial charge >= 0.3 is 5.97 Å². The third kappa shape index (κ3) is 5.02. The maximum Gasteiger partial charge on any atom is 0.328 e. The molecule has 0 amide bonds. The molecule has 0 aliphatic carbocycles. The lowest BCUT2D eigenvalue weighted by molar-refractivity contribution is -0.131. The molecule has 4 heteroatoms. The van der Waals surface area contributed by atoms with Crippen LogP contribution in [0.1, 0.15) is 36.4 Å². The van der Waals surface area contributed by atoms with Crippen LogP contribution in [-0.4, -0.2) is 29.1 Å². The van der Waals surface area contributed by atoms with Crippen LogP contribution in [-0.2, 0) is 11.3 Å². The first kappa shape index (κ1) is 14.9. The summed E-state index contributed by atoms with van der Waals surface area (Å²) in [5.74, 6) is -0.904. The summed E-state index contributed by atoms with van der Waals surface area (Å²) in [5, 5.41) is 8.57. The van der Waals surface area contributed by atoms with Gasteiger partial charge in [0.1, 0.15) is 0 Å². The second kappa shape index (κ2) is 7.34. The summed E-state index contributed by atoms with van der Waals surface area (Å²) in [6, 6.07) is 4.62. The Morgan fingerprint density at radius 3 is 2.89 bits per heavy atom. The number of carbonyl (C=O) groups is 1. The van der Waals surface area contributed by atoms with Gasteiger partial charge in [0, 0.05) is 28.4 Å². The highest BCUT2D eigenvalue weighted by atomic mass is 32.1. The monoisotopic (exact) mass is 267 g/mol. The van der Waals surface area contributed by atoms with E-state index in [1.807, 2.05) is 6.07 Å². The molecule has 1 heterocycles. The standard InChI is InChI=1S/C14H21NO2S/c1-4-5-11(2)15(3)10-13-7-6-12(18-13)8-9-14(16)17/h6-9,11H,4-5,10H2,1-3H3,(H,16,17)/b9-8+. The average molecular weight is 267 g/mol. The number of thiophene rings is 1. The minimum absolute atomic E-state index is 0.579. The van der Waals surface area contributed by atoms with Crippen molar-refractivity contribution < 1.29 is 9.90 Å². The van der Waals surface area contributed by atoms with Gasteiger partial charge in [-0.1, -0.05) is 13.3 Å². The third-order valence-electron chi connectivity index (χ3n) is 2.94. The Hall–Kier alpha value is -1.13. The summed E-state index contributed by atoms with van der Waals surface area (Å²) in [5.41, 5.74) is 0. The van der Waals surface area contributed by atoms with E-state index in [1.54, 1.807) is 17.4 Å². The smallest absolute Gasteiger partial charge is 0.328 e. The third-order valence-corrected chi connectivity index (χ3v) is 3.97. The molecule has 1 aromatic heterocycles. The van der Waals surface area contributed by atoms with Gasteiger partial charge in [0.2, 0.25) is 0 Å². The fraction of sp³-hybridized carbons (Fsp3) is 0.500. The predicted octanol–water partition coefficient (Wildman–Crippen LogP) is 3.47. The largest absolute Gasteiger partial charge is 0.478 e.